The van der Waals surface area contributed by atoms with Crippen molar-refractivity contribution in [1.82, 2.24) is 0 Å². The highest BCUT2D eigenvalue weighted by Gasteiger charge is 2.23. The number of carbonyl (C=O) groups is 1. The van der Waals surface area contributed by atoms with E-state index in [2.05, 4.69) is 10.0 Å². The molecule has 0 aliphatic carbocycles. The molecule has 1 aliphatic heterocycles. The van der Waals surface area contributed by atoms with Gasteiger partial charge in [0.05, 0.1) is 11.3 Å². The summed E-state index contributed by atoms with van der Waals surface area (Å²) in [5.74, 6) is -0.547. The van der Waals surface area contributed by atoms with Gasteiger partial charge in [-0.15, -0.1) is 0 Å². The Morgan fingerprint density at radius 1 is 0.926 bits per heavy atom. The number of ether oxygens (including phenoxy) is 1. The molecule has 1 amide bonds. The van der Waals surface area contributed by atoms with Crippen LogP contribution in [0.5, 0.6) is 11.5 Å². The van der Waals surface area contributed by atoms with Crippen LogP contribution in [-0.4, -0.2) is 14.3 Å². The molecular formula is C19H13FN2O4S. The molecular weight excluding hydrogens is 371 g/mol. The average molecular weight is 384 g/mol. The second-order valence-corrected chi connectivity index (χ2v) is 7.45. The number of fused-ring (bicyclic) bond motifs is 2. The molecule has 0 bridgehead atoms. The van der Waals surface area contributed by atoms with E-state index in [0.29, 0.717) is 11.4 Å². The Hall–Kier alpha value is -3.39. The van der Waals surface area contributed by atoms with Gasteiger partial charge in [0.25, 0.3) is 15.9 Å². The van der Waals surface area contributed by atoms with E-state index in [-0.39, 0.29) is 17.0 Å². The SMILES string of the molecule is O=C1Nc2ccccc2Oc2ccc(NS(=O)(=O)c3ccccc3F)cc21. The van der Waals surface area contributed by atoms with Gasteiger partial charge in [-0.1, -0.05) is 24.3 Å². The van der Waals surface area contributed by atoms with Crippen molar-refractivity contribution in [3.63, 3.8) is 0 Å². The molecule has 1 heterocycles. The number of rotatable bonds is 3. The summed E-state index contributed by atoms with van der Waals surface area (Å²) in [5, 5.41) is 2.71. The highest BCUT2D eigenvalue weighted by molar-refractivity contribution is 7.92. The third kappa shape index (κ3) is 3.22. The molecule has 0 radical (unpaired) electrons. The number of halogens is 1. The van der Waals surface area contributed by atoms with Gasteiger partial charge in [-0.3, -0.25) is 9.52 Å². The van der Waals surface area contributed by atoms with Gasteiger partial charge in [-0.25, -0.2) is 12.8 Å². The lowest BCUT2D eigenvalue weighted by Crippen LogP contribution is -2.16. The zero-order chi connectivity index (χ0) is 19.0. The standard InChI is InChI=1S/C19H13FN2O4S/c20-14-5-1-4-8-18(14)27(24,25)22-12-9-10-16-13(11-12)19(23)21-15-6-2-3-7-17(15)26-16/h1-11,22H,(H,21,23). The first-order valence-electron chi connectivity index (χ1n) is 7.94. The molecule has 0 atom stereocenters. The normalized spacial score (nSPS) is 12.9. The Morgan fingerprint density at radius 3 is 2.48 bits per heavy atom. The molecule has 27 heavy (non-hydrogen) atoms. The van der Waals surface area contributed by atoms with E-state index in [1.165, 1.54) is 30.3 Å². The summed E-state index contributed by atoms with van der Waals surface area (Å²) in [7, 11) is -4.15. The van der Waals surface area contributed by atoms with Crippen molar-refractivity contribution in [3.05, 3.63) is 78.1 Å². The highest BCUT2D eigenvalue weighted by atomic mass is 32.2. The Labute approximate surface area is 154 Å². The molecule has 0 aromatic heterocycles. The number of carbonyl (C=O) groups excluding carboxylic acids is 1. The van der Waals surface area contributed by atoms with Crippen LogP contribution in [0, 0.1) is 5.82 Å². The van der Waals surface area contributed by atoms with Crippen molar-refractivity contribution in [2.24, 2.45) is 0 Å². The fourth-order valence-electron chi connectivity index (χ4n) is 2.70. The summed E-state index contributed by atoms with van der Waals surface area (Å²) in [6, 6.07) is 16.2. The van der Waals surface area contributed by atoms with Crippen LogP contribution in [0.2, 0.25) is 0 Å². The number of amides is 1. The maximum atomic E-state index is 13.8. The summed E-state index contributed by atoms with van der Waals surface area (Å²) in [4.78, 5) is 12.0. The minimum Gasteiger partial charge on any atom is -0.454 e. The fraction of sp³-hybridized carbons (Fsp3) is 0. The molecule has 3 aromatic rings. The predicted octanol–water partition coefficient (Wildman–Crippen LogP) is 3.98. The van der Waals surface area contributed by atoms with Crippen LogP contribution in [0.1, 0.15) is 10.4 Å². The summed E-state index contributed by atoms with van der Waals surface area (Å²) < 4.78 is 46.7. The van der Waals surface area contributed by atoms with Gasteiger partial charge >= 0.3 is 0 Å². The van der Waals surface area contributed by atoms with E-state index in [1.54, 1.807) is 24.3 Å². The van der Waals surface area contributed by atoms with Crippen molar-refractivity contribution in [2.45, 2.75) is 4.90 Å². The van der Waals surface area contributed by atoms with Crippen molar-refractivity contribution in [3.8, 4) is 11.5 Å². The fourth-order valence-corrected chi connectivity index (χ4v) is 3.83. The zero-order valence-electron chi connectivity index (χ0n) is 13.8. The van der Waals surface area contributed by atoms with Gasteiger partial charge in [0.15, 0.2) is 5.75 Å². The monoisotopic (exact) mass is 384 g/mol. The lowest BCUT2D eigenvalue weighted by atomic mass is 10.1. The van der Waals surface area contributed by atoms with Crippen LogP contribution in [0.25, 0.3) is 0 Å². The summed E-state index contributed by atoms with van der Waals surface area (Å²) in [6.07, 6.45) is 0. The minimum absolute atomic E-state index is 0.113. The zero-order valence-corrected chi connectivity index (χ0v) is 14.6. The van der Waals surface area contributed by atoms with Gasteiger partial charge in [-0.2, -0.15) is 0 Å². The van der Waals surface area contributed by atoms with Crippen LogP contribution in [0.15, 0.2) is 71.6 Å². The second-order valence-electron chi connectivity index (χ2n) is 5.80. The molecule has 0 saturated carbocycles. The molecule has 8 heteroatoms. The highest BCUT2D eigenvalue weighted by Crippen LogP contribution is 2.36. The topological polar surface area (TPSA) is 84.5 Å². The molecule has 1 aliphatic rings. The number of hydrogen-bond acceptors (Lipinski definition) is 4. The Balaban J connectivity index is 1.69. The van der Waals surface area contributed by atoms with Crippen LogP contribution in [-0.2, 0) is 10.0 Å². The van der Waals surface area contributed by atoms with E-state index in [0.717, 1.165) is 12.1 Å². The van der Waals surface area contributed by atoms with Crippen molar-refractivity contribution in [1.29, 1.82) is 0 Å². The van der Waals surface area contributed by atoms with Gasteiger partial charge in [0.2, 0.25) is 0 Å². The Kier molecular flexibility index (Phi) is 4.04. The Bertz CT molecular complexity index is 1160. The maximum absolute atomic E-state index is 13.8. The molecule has 2 N–H and O–H groups in total. The molecule has 3 aromatic carbocycles. The van der Waals surface area contributed by atoms with Crippen LogP contribution in [0.4, 0.5) is 15.8 Å². The van der Waals surface area contributed by atoms with E-state index < -0.39 is 26.6 Å². The number of benzene rings is 3. The molecule has 6 nitrogen and oxygen atoms in total. The smallest absolute Gasteiger partial charge is 0.264 e. The Morgan fingerprint density at radius 2 is 1.67 bits per heavy atom. The van der Waals surface area contributed by atoms with E-state index in [4.69, 9.17) is 4.74 Å². The van der Waals surface area contributed by atoms with Crippen LogP contribution >= 0.6 is 0 Å². The third-order valence-corrected chi connectivity index (χ3v) is 5.37. The number of anilines is 2. The largest absolute Gasteiger partial charge is 0.454 e. The number of sulfonamides is 1. The third-order valence-electron chi connectivity index (χ3n) is 3.96. The van der Waals surface area contributed by atoms with Crippen LogP contribution < -0.4 is 14.8 Å². The van der Waals surface area contributed by atoms with Crippen molar-refractivity contribution < 1.29 is 22.3 Å². The lowest BCUT2D eigenvalue weighted by molar-refractivity contribution is 0.102. The second kappa shape index (κ2) is 6.40. The molecule has 0 spiro atoms. The van der Waals surface area contributed by atoms with Gasteiger partial charge < -0.3 is 10.1 Å². The average Bonchev–Trinajstić information content (AvgIpc) is 2.77. The molecule has 4 rings (SSSR count). The molecule has 0 fully saturated rings. The van der Waals surface area contributed by atoms with Gasteiger partial charge in [0.1, 0.15) is 16.5 Å². The van der Waals surface area contributed by atoms with E-state index >= 15 is 0 Å². The molecule has 136 valence electrons. The van der Waals surface area contributed by atoms with E-state index in [9.17, 15) is 17.6 Å². The first kappa shape index (κ1) is 17.0. The minimum atomic E-state index is -4.15. The maximum Gasteiger partial charge on any atom is 0.264 e. The lowest BCUT2D eigenvalue weighted by Gasteiger charge is -2.11. The van der Waals surface area contributed by atoms with Crippen LogP contribution in [0.3, 0.4) is 0 Å². The summed E-state index contributed by atoms with van der Waals surface area (Å²) in [6.45, 7) is 0. The summed E-state index contributed by atoms with van der Waals surface area (Å²) in [5.41, 5.74) is 0.772. The molecule has 0 saturated heterocycles. The first-order valence-corrected chi connectivity index (χ1v) is 9.42. The van der Waals surface area contributed by atoms with Crippen molar-refractivity contribution >= 4 is 27.3 Å². The van der Waals surface area contributed by atoms with Gasteiger partial charge in [-0.05, 0) is 42.5 Å². The summed E-state index contributed by atoms with van der Waals surface area (Å²) >= 11 is 0. The number of hydrogen-bond donors (Lipinski definition) is 2. The van der Waals surface area contributed by atoms with E-state index in [1.807, 2.05) is 0 Å². The number of para-hydroxylation sites is 2. The molecule has 0 unspecified atom stereocenters. The number of nitrogens with one attached hydrogen (secondary N) is 2. The van der Waals surface area contributed by atoms with Crippen molar-refractivity contribution in [2.75, 3.05) is 10.0 Å². The van der Waals surface area contributed by atoms with Gasteiger partial charge in [0, 0.05) is 5.69 Å². The first-order chi connectivity index (χ1) is 12.9. The quantitative estimate of drug-likeness (QED) is 0.715. The predicted molar refractivity (Wildman–Crippen MR) is 98.1 cm³/mol.